The summed E-state index contributed by atoms with van der Waals surface area (Å²) in [6, 6.07) is 1.55. The van der Waals surface area contributed by atoms with Crippen LogP contribution in [0.15, 0.2) is 41.3 Å². The Labute approximate surface area is 129 Å². The maximum atomic E-state index is 12.0. The van der Waals surface area contributed by atoms with E-state index in [1.165, 1.54) is 0 Å². The summed E-state index contributed by atoms with van der Waals surface area (Å²) in [7, 11) is 0. The molecular formula is C17H16O3S. The van der Waals surface area contributed by atoms with Crippen LogP contribution in [-0.4, -0.2) is 18.7 Å². The van der Waals surface area contributed by atoms with Crippen LogP contribution in [0.2, 0.25) is 0 Å². The van der Waals surface area contributed by atoms with Crippen molar-refractivity contribution in [1.82, 2.24) is 0 Å². The van der Waals surface area contributed by atoms with Crippen LogP contribution < -0.4 is 4.74 Å². The van der Waals surface area contributed by atoms with Gasteiger partial charge in [0, 0.05) is 22.4 Å². The highest BCUT2D eigenvalue weighted by Crippen LogP contribution is 2.36. The van der Waals surface area contributed by atoms with E-state index in [9.17, 15) is 9.59 Å². The van der Waals surface area contributed by atoms with Gasteiger partial charge in [-0.25, -0.2) is 0 Å². The van der Waals surface area contributed by atoms with Crippen LogP contribution in [0.1, 0.15) is 39.6 Å². The third-order valence-corrected chi connectivity index (χ3v) is 3.61. The second-order valence-electron chi connectivity index (χ2n) is 4.51. The molecule has 1 aliphatic heterocycles. The number of ether oxygens (including phenoxy) is 1. The molecule has 0 N–H and O–H groups in total. The molecule has 0 aliphatic carbocycles. The van der Waals surface area contributed by atoms with Crippen molar-refractivity contribution in [2.45, 2.75) is 18.2 Å². The third-order valence-electron chi connectivity index (χ3n) is 3.11. The standard InChI is InChI=1S/C17H16O3S/c1-2-3-4-5-6-7-13-16-14(15(19)8-9-20-16)10-12(11-18)17(13)21/h2-7,10-11,21H,8-9H2,1H3/b3-2+,5-4+,7-6-. The number of Topliss-reactive ketones (excluding diaryl/α,β-unsaturated/α-hetero) is 1. The first kappa shape index (κ1) is 15.3. The van der Waals surface area contributed by atoms with Gasteiger partial charge in [-0.2, -0.15) is 0 Å². The quantitative estimate of drug-likeness (QED) is 0.521. The molecule has 0 amide bonds. The second-order valence-corrected chi connectivity index (χ2v) is 4.96. The van der Waals surface area contributed by atoms with E-state index in [0.29, 0.717) is 46.6 Å². The molecule has 1 aromatic carbocycles. The van der Waals surface area contributed by atoms with Crippen LogP contribution in [0.3, 0.4) is 0 Å². The van der Waals surface area contributed by atoms with E-state index in [4.69, 9.17) is 4.74 Å². The molecule has 0 saturated heterocycles. The predicted octanol–water partition coefficient (Wildman–Crippen LogP) is 3.90. The number of benzene rings is 1. The lowest BCUT2D eigenvalue weighted by molar-refractivity contribution is 0.0933. The van der Waals surface area contributed by atoms with E-state index in [0.717, 1.165) is 0 Å². The number of carbonyl (C=O) groups is 2. The van der Waals surface area contributed by atoms with Gasteiger partial charge in [0.2, 0.25) is 0 Å². The molecule has 4 heteroatoms. The molecule has 1 aromatic rings. The van der Waals surface area contributed by atoms with Gasteiger partial charge in [0.05, 0.1) is 12.2 Å². The molecule has 1 heterocycles. The Morgan fingerprint density at radius 2 is 2.00 bits per heavy atom. The molecule has 1 aliphatic rings. The lowest BCUT2D eigenvalue weighted by Gasteiger charge is -2.20. The van der Waals surface area contributed by atoms with E-state index >= 15 is 0 Å². The van der Waals surface area contributed by atoms with Crippen LogP contribution in [0.4, 0.5) is 0 Å². The molecule has 0 fully saturated rings. The van der Waals surface area contributed by atoms with Crippen molar-refractivity contribution < 1.29 is 14.3 Å². The SMILES string of the molecule is C/C=C/C=C/C=C\c1c(S)c(C=O)cc2c1OCCC2=O. The number of thiol groups is 1. The Bertz CT molecular complexity index is 654. The Morgan fingerprint density at radius 3 is 2.71 bits per heavy atom. The third kappa shape index (κ3) is 3.34. The average molecular weight is 300 g/mol. The monoisotopic (exact) mass is 300 g/mol. The van der Waals surface area contributed by atoms with Crippen LogP contribution >= 0.6 is 12.6 Å². The zero-order valence-corrected chi connectivity index (χ0v) is 12.6. The maximum absolute atomic E-state index is 12.0. The molecule has 3 nitrogen and oxygen atoms in total. The minimum absolute atomic E-state index is 0.00760. The van der Waals surface area contributed by atoms with E-state index in [1.807, 2.05) is 37.3 Å². The van der Waals surface area contributed by atoms with E-state index in [1.54, 1.807) is 12.1 Å². The Morgan fingerprint density at radius 1 is 1.24 bits per heavy atom. The van der Waals surface area contributed by atoms with Gasteiger partial charge in [-0.1, -0.05) is 36.5 Å². The van der Waals surface area contributed by atoms with Gasteiger partial charge in [0.1, 0.15) is 5.75 Å². The van der Waals surface area contributed by atoms with Gasteiger partial charge in [0.15, 0.2) is 12.1 Å². The highest BCUT2D eigenvalue weighted by Gasteiger charge is 2.24. The predicted molar refractivity (Wildman–Crippen MR) is 86.5 cm³/mol. The zero-order valence-electron chi connectivity index (χ0n) is 11.7. The van der Waals surface area contributed by atoms with Crippen LogP contribution in [-0.2, 0) is 0 Å². The first-order valence-electron chi connectivity index (χ1n) is 6.66. The average Bonchev–Trinajstić information content (AvgIpc) is 2.49. The summed E-state index contributed by atoms with van der Waals surface area (Å²) >= 11 is 4.39. The molecule has 21 heavy (non-hydrogen) atoms. The number of fused-ring (bicyclic) bond motifs is 1. The van der Waals surface area contributed by atoms with Gasteiger partial charge in [-0.15, -0.1) is 12.6 Å². The van der Waals surface area contributed by atoms with Crippen molar-refractivity contribution in [2.24, 2.45) is 0 Å². The number of carbonyl (C=O) groups excluding carboxylic acids is 2. The lowest BCUT2D eigenvalue weighted by atomic mass is 9.97. The summed E-state index contributed by atoms with van der Waals surface area (Å²) in [6.07, 6.45) is 12.2. The number of allylic oxidation sites excluding steroid dienone is 5. The number of rotatable bonds is 4. The maximum Gasteiger partial charge on any atom is 0.170 e. The fourth-order valence-electron chi connectivity index (χ4n) is 2.08. The van der Waals surface area contributed by atoms with E-state index in [2.05, 4.69) is 12.6 Å². The minimum atomic E-state index is -0.00760. The summed E-state index contributed by atoms with van der Waals surface area (Å²) < 4.78 is 5.61. The summed E-state index contributed by atoms with van der Waals surface area (Å²) in [6.45, 7) is 2.29. The molecule has 2 rings (SSSR count). The van der Waals surface area contributed by atoms with Crippen LogP contribution in [0.25, 0.3) is 6.08 Å². The van der Waals surface area contributed by atoms with Crippen molar-refractivity contribution >= 4 is 30.8 Å². The molecule has 0 aromatic heterocycles. The first-order valence-corrected chi connectivity index (χ1v) is 7.11. The van der Waals surface area contributed by atoms with Crippen molar-refractivity contribution in [3.8, 4) is 5.75 Å². The highest BCUT2D eigenvalue weighted by atomic mass is 32.1. The Hall–Kier alpha value is -2.07. The molecule has 0 bridgehead atoms. The van der Waals surface area contributed by atoms with Crippen molar-refractivity contribution in [3.63, 3.8) is 0 Å². The number of hydrogen-bond acceptors (Lipinski definition) is 4. The van der Waals surface area contributed by atoms with Crippen molar-refractivity contribution in [2.75, 3.05) is 6.61 Å². The fourth-order valence-corrected chi connectivity index (χ4v) is 2.37. The summed E-state index contributed by atoms with van der Waals surface area (Å²) in [5, 5.41) is 0. The highest BCUT2D eigenvalue weighted by molar-refractivity contribution is 7.80. The molecule has 0 spiro atoms. The Kier molecular flexibility index (Phi) is 5.17. The molecule has 0 unspecified atom stereocenters. The van der Waals surface area contributed by atoms with E-state index < -0.39 is 0 Å². The molecule has 0 radical (unpaired) electrons. The van der Waals surface area contributed by atoms with Gasteiger partial charge in [0.25, 0.3) is 0 Å². The minimum Gasteiger partial charge on any atom is -0.492 e. The van der Waals surface area contributed by atoms with Gasteiger partial charge < -0.3 is 4.74 Å². The van der Waals surface area contributed by atoms with Crippen molar-refractivity contribution in [1.29, 1.82) is 0 Å². The number of ketones is 1. The first-order chi connectivity index (χ1) is 10.2. The molecule has 0 atom stereocenters. The van der Waals surface area contributed by atoms with Gasteiger partial charge in [-0.3, -0.25) is 9.59 Å². The lowest BCUT2D eigenvalue weighted by Crippen LogP contribution is -2.17. The van der Waals surface area contributed by atoms with Gasteiger partial charge in [-0.05, 0) is 13.0 Å². The largest absolute Gasteiger partial charge is 0.492 e. The number of aldehydes is 1. The van der Waals surface area contributed by atoms with Crippen molar-refractivity contribution in [3.05, 3.63) is 53.1 Å². The smallest absolute Gasteiger partial charge is 0.170 e. The summed E-state index contributed by atoms with van der Waals surface area (Å²) in [5.41, 5.74) is 1.52. The van der Waals surface area contributed by atoms with E-state index in [-0.39, 0.29) is 5.78 Å². The zero-order chi connectivity index (χ0) is 15.2. The van der Waals surface area contributed by atoms with Gasteiger partial charge >= 0.3 is 0 Å². The van der Waals surface area contributed by atoms with Crippen LogP contribution in [0, 0.1) is 0 Å². The van der Waals surface area contributed by atoms with Crippen LogP contribution in [0.5, 0.6) is 5.75 Å². The molecule has 108 valence electrons. The summed E-state index contributed by atoms with van der Waals surface area (Å²) in [5.74, 6) is 0.504. The fraction of sp³-hybridized carbons (Fsp3) is 0.176. The Balaban J connectivity index is 2.50. The number of hydrogen-bond donors (Lipinski definition) is 1. The molecule has 0 saturated carbocycles. The molecular weight excluding hydrogens is 284 g/mol. The topological polar surface area (TPSA) is 43.4 Å². The second kappa shape index (κ2) is 7.09. The normalized spacial score (nSPS) is 14.9. The summed E-state index contributed by atoms with van der Waals surface area (Å²) in [4.78, 5) is 23.6.